The van der Waals surface area contributed by atoms with Crippen LogP contribution in [-0.2, 0) is 19.1 Å². The second kappa shape index (κ2) is 5.85. The third-order valence-electron chi connectivity index (χ3n) is 3.04. The van der Waals surface area contributed by atoms with Crippen LogP contribution in [0.2, 0.25) is 0 Å². The maximum absolute atomic E-state index is 11.9. The van der Waals surface area contributed by atoms with Crippen LogP contribution in [0.3, 0.4) is 0 Å². The van der Waals surface area contributed by atoms with E-state index in [-0.39, 0.29) is 0 Å². The Balaban J connectivity index is 3.22. The maximum Gasteiger partial charge on any atom is 0.327 e. The minimum atomic E-state index is -1.27. The predicted octanol–water partition coefficient (Wildman–Crippen LogP) is 2.40. The Morgan fingerprint density at radius 3 is 2.22 bits per heavy atom. The Kier molecular flexibility index (Phi) is 4.70. The molecule has 1 rings (SSSR count). The zero-order valence-electron chi connectivity index (χ0n) is 11.4. The molecule has 0 spiro atoms. The zero-order chi connectivity index (χ0) is 13.8. The van der Waals surface area contributed by atoms with Gasteiger partial charge in [0.1, 0.15) is 0 Å². The summed E-state index contributed by atoms with van der Waals surface area (Å²) in [6.45, 7) is 3.96. The van der Waals surface area contributed by atoms with E-state index in [1.807, 2.05) is 19.9 Å². The zero-order valence-corrected chi connectivity index (χ0v) is 11.4. The molecule has 0 N–H and O–H groups in total. The van der Waals surface area contributed by atoms with Crippen molar-refractivity contribution >= 4 is 11.9 Å². The number of esters is 2. The van der Waals surface area contributed by atoms with E-state index in [0.717, 1.165) is 24.0 Å². The summed E-state index contributed by atoms with van der Waals surface area (Å²) >= 11 is 0. The fraction of sp³-hybridized carbons (Fsp3) is 0.571. The van der Waals surface area contributed by atoms with Gasteiger partial charge in [-0.15, -0.1) is 0 Å². The standard InChI is InChI=1S/C14H20O4/c1-10(2)8-11-6-5-7-14(9-11,12(15)17-3)13(16)18-4/h8-9H,5-7H2,1-4H3. The van der Waals surface area contributed by atoms with Crippen LogP contribution in [0.25, 0.3) is 0 Å². The number of rotatable bonds is 3. The Labute approximate surface area is 108 Å². The molecule has 0 saturated carbocycles. The van der Waals surface area contributed by atoms with E-state index in [1.54, 1.807) is 6.08 Å². The summed E-state index contributed by atoms with van der Waals surface area (Å²) in [5.74, 6) is -1.09. The predicted molar refractivity (Wildman–Crippen MR) is 67.8 cm³/mol. The lowest BCUT2D eigenvalue weighted by atomic mass is 9.76. The highest BCUT2D eigenvalue weighted by atomic mass is 16.5. The van der Waals surface area contributed by atoms with Crippen molar-refractivity contribution in [3.8, 4) is 0 Å². The molecule has 4 heteroatoms. The van der Waals surface area contributed by atoms with Crippen molar-refractivity contribution in [2.45, 2.75) is 33.1 Å². The first-order chi connectivity index (χ1) is 8.46. The van der Waals surface area contributed by atoms with Gasteiger partial charge >= 0.3 is 11.9 Å². The summed E-state index contributed by atoms with van der Waals surface area (Å²) < 4.78 is 9.53. The molecule has 1 aliphatic rings. The summed E-state index contributed by atoms with van der Waals surface area (Å²) in [5, 5.41) is 0. The average molecular weight is 252 g/mol. The molecule has 18 heavy (non-hydrogen) atoms. The highest BCUT2D eigenvalue weighted by Gasteiger charge is 2.47. The van der Waals surface area contributed by atoms with E-state index in [2.05, 4.69) is 0 Å². The molecule has 0 aromatic rings. The van der Waals surface area contributed by atoms with Crippen molar-refractivity contribution in [3.63, 3.8) is 0 Å². The van der Waals surface area contributed by atoms with Gasteiger partial charge in [0.15, 0.2) is 5.41 Å². The summed E-state index contributed by atoms with van der Waals surface area (Å²) in [7, 11) is 2.58. The van der Waals surface area contributed by atoms with Gasteiger partial charge in [0.05, 0.1) is 14.2 Å². The first kappa shape index (κ1) is 14.5. The highest BCUT2D eigenvalue weighted by Crippen LogP contribution is 2.37. The van der Waals surface area contributed by atoms with Crippen LogP contribution in [-0.4, -0.2) is 26.2 Å². The second-order valence-electron chi connectivity index (χ2n) is 4.75. The van der Waals surface area contributed by atoms with E-state index in [0.29, 0.717) is 6.42 Å². The topological polar surface area (TPSA) is 52.6 Å². The van der Waals surface area contributed by atoms with Crippen LogP contribution in [0.5, 0.6) is 0 Å². The van der Waals surface area contributed by atoms with Crippen LogP contribution in [0.1, 0.15) is 33.1 Å². The van der Waals surface area contributed by atoms with Crippen LogP contribution >= 0.6 is 0 Å². The van der Waals surface area contributed by atoms with Gasteiger partial charge in [0.25, 0.3) is 0 Å². The van der Waals surface area contributed by atoms with Gasteiger partial charge in [-0.1, -0.05) is 23.3 Å². The van der Waals surface area contributed by atoms with E-state index < -0.39 is 17.4 Å². The van der Waals surface area contributed by atoms with Crippen molar-refractivity contribution in [3.05, 3.63) is 23.3 Å². The minimum absolute atomic E-state index is 0.437. The summed E-state index contributed by atoms with van der Waals surface area (Å²) in [4.78, 5) is 23.9. The van der Waals surface area contributed by atoms with Crippen LogP contribution in [0, 0.1) is 5.41 Å². The molecule has 0 aliphatic heterocycles. The molecule has 0 amide bonds. The van der Waals surface area contributed by atoms with Crippen molar-refractivity contribution < 1.29 is 19.1 Å². The smallest absolute Gasteiger partial charge is 0.327 e. The fourth-order valence-electron chi connectivity index (χ4n) is 2.29. The largest absolute Gasteiger partial charge is 0.468 e. The van der Waals surface area contributed by atoms with Gasteiger partial charge < -0.3 is 9.47 Å². The van der Waals surface area contributed by atoms with Crippen molar-refractivity contribution in [1.29, 1.82) is 0 Å². The second-order valence-corrected chi connectivity index (χ2v) is 4.75. The Hall–Kier alpha value is -1.58. The van der Waals surface area contributed by atoms with Crippen molar-refractivity contribution in [1.82, 2.24) is 0 Å². The average Bonchev–Trinajstić information content (AvgIpc) is 2.36. The lowest BCUT2D eigenvalue weighted by molar-refractivity contribution is -0.166. The summed E-state index contributed by atoms with van der Waals surface area (Å²) in [6, 6.07) is 0. The Bertz CT molecular complexity index is 384. The number of allylic oxidation sites excluding steroid dienone is 3. The molecule has 100 valence electrons. The van der Waals surface area contributed by atoms with Gasteiger partial charge in [-0.05, 0) is 33.1 Å². The molecule has 0 aromatic carbocycles. The van der Waals surface area contributed by atoms with Crippen LogP contribution in [0.15, 0.2) is 23.3 Å². The van der Waals surface area contributed by atoms with Gasteiger partial charge in [-0.2, -0.15) is 0 Å². The van der Waals surface area contributed by atoms with E-state index in [4.69, 9.17) is 9.47 Å². The molecule has 0 fully saturated rings. The Morgan fingerprint density at radius 1 is 1.22 bits per heavy atom. The lowest BCUT2D eigenvalue weighted by Gasteiger charge is -2.29. The molecule has 0 bridgehead atoms. The number of hydrogen-bond acceptors (Lipinski definition) is 4. The minimum Gasteiger partial charge on any atom is -0.468 e. The maximum atomic E-state index is 11.9. The molecule has 4 nitrogen and oxygen atoms in total. The van der Waals surface area contributed by atoms with Gasteiger partial charge in [0.2, 0.25) is 0 Å². The number of methoxy groups -OCH3 is 2. The van der Waals surface area contributed by atoms with E-state index in [9.17, 15) is 9.59 Å². The van der Waals surface area contributed by atoms with Crippen molar-refractivity contribution in [2.24, 2.45) is 5.41 Å². The molecule has 0 radical (unpaired) electrons. The Morgan fingerprint density at radius 2 is 1.78 bits per heavy atom. The molecule has 0 aromatic heterocycles. The lowest BCUT2D eigenvalue weighted by Crippen LogP contribution is -2.41. The number of hydrogen-bond donors (Lipinski definition) is 0. The third kappa shape index (κ3) is 2.81. The van der Waals surface area contributed by atoms with E-state index in [1.165, 1.54) is 14.2 Å². The van der Waals surface area contributed by atoms with Gasteiger partial charge in [-0.3, -0.25) is 9.59 Å². The fourth-order valence-corrected chi connectivity index (χ4v) is 2.29. The number of carbonyl (C=O) groups excluding carboxylic acids is 2. The summed E-state index contributed by atoms with van der Waals surface area (Å²) in [5.41, 5.74) is 0.840. The molecular weight excluding hydrogens is 232 g/mol. The highest BCUT2D eigenvalue weighted by molar-refractivity contribution is 6.02. The van der Waals surface area contributed by atoms with Gasteiger partial charge in [0, 0.05) is 0 Å². The van der Waals surface area contributed by atoms with Crippen LogP contribution < -0.4 is 0 Å². The molecular formula is C14H20O4. The molecule has 0 unspecified atom stereocenters. The van der Waals surface area contributed by atoms with Crippen LogP contribution in [0.4, 0.5) is 0 Å². The molecule has 0 heterocycles. The first-order valence-corrected chi connectivity index (χ1v) is 5.99. The quantitative estimate of drug-likeness (QED) is 0.571. The van der Waals surface area contributed by atoms with E-state index >= 15 is 0 Å². The number of carbonyl (C=O) groups is 2. The number of ether oxygens (including phenoxy) is 2. The van der Waals surface area contributed by atoms with Crippen molar-refractivity contribution in [2.75, 3.05) is 14.2 Å². The molecule has 0 saturated heterocycles. The van der Waals surface area contributed by atoms with Gasteiger partial charge in [-0.25, -0.2) is 0 Å². The molecule has 1 aliphatic carbocycles. The summed E-state index contributed by atoms with van der Waals surface area (Å²) in [6.07, 6.45) is 5.74. The first-order valence-electron chi connectivity index (χ1n) is 5.99. The third-order valence-corrected chi connectivity index (χ3v) is 3.04. The monoisotopic (exact) mass is 252 g/mol. The normalized spacial score (nSPS) is 17.4. The SMILES string of the molecule is COC(=O)C1(C(=O)OC)C=C(C=C(C)C)CCC1. The molecule has 0 atom stereocenters.